The number of aromatic hydroxyl groups is 1. The average molecular weight is 511 g/mol. The first kappa shape index (κ1) is 24.8. The fourth-order valence-electron chi connectivity index (χ4n) is 4.05. The number of phenols is 1. The Bertz CT molecular complexity index is 1030. The van der Waals surface area contributed by atoms with Crippen molar-refractivity contribution in [3.8, 4) is 5.75 Å². The van der Waals surface area contributed by atoms with E-state index in [4.69, 9.17) is 4.74 Å². The van der Waals surface area contributed by atoms with Crippen molar-refractivity contribution in [3.05, 3.63) is 94.5 Å². The largest absolute Gasteiger partial charge is 0.506 e. The third-order valence-corrected chi connectivity index (χ3v) is 6.29. The van der Waals surface area contributed by atoms with Crippen molar-refractivity contribution >= 4 is 27.6 Å². The lowest BCUT2D eigenvalue weighted by molar-refractivity contribution is -0.150. The smallest absolute Gasteiger partial charge is 0.333 e. The number of unbranched alkanes of at least 4 members (excludes halogenated alkanes) is 2. The highest BCUT2D eigenvalue weighted by atomic mass is 79.9. The number of methoxy groups -OCH3 is 1. The monoisotopic (exact) mass is 510 g/mol. The van der Waals surface area contributed by atoms with Gasteiger partial charge in [-0.1, -0.05) is 90.3 Å². The van der Waals surface area contributed by atoms with Crippen LogP contribution in [0, 0.1) is 0 Å². The molecule has 0 aliphatic rings. The van der Waals surface area contributed by atoms with Gasteiger partial charge in [-0.15, -0.1) is 0 Å². The van der Waals surface area contributed by atoms with Crippen molar-refractivity contribution in [2.45, 2.75) is 37.8 Å². The van der Waals surface area contributed by atoms with Crippen LogP contribution in [0.1, 0.15) is 43.4 Å². The van der Waals surface area contributed by atoms with Gasteiger partial charge >= 0.3 is 5.97 Å². The van der Waals surface area contributed by atoms with E-state index in [2.05, 4.69) is 33.5 Å². The van der Waals surface area contributed by atoms with Gasteiger partial charge in [-0.05, 0) is 48.4 Å². The summed E-state index contributed by atoms with van der Waals surface area (Å²) in [6.45, 7) is 2.78. The summed E-state index contributed by atoms with van der Waals surface area (Å²) in [5.74, 6) is -0.293. The summed E-state index contributed by atoms with van der Waals surface area (Å²) in [5, 5.41) is 17.5. The van der Waals surface area contributed by atoms with E-state index in [1.54, 1.807) is 18.2 Å². The second-order valence-electron chi connectivity index (χ2n) is 7.95. The highest BCUT2D eigenvalue weighted by Gasteiger charge is 2.49. The predicted molar refractivity (Wildman–Crippen MR) is 136 cm³/mol. The molecule has 174 valence electrons. The van der Waals surface area contributed by atoms with E-state index in [1.165, 1.54) is 7.11 Å². The molecule has 0 heterocycles. The molecule has 2 atom stereocenters. The zero-order valence-corrected chi connectivity index (χ0v) is 20.6. The number of hydrogen-bond acceptors (Lipinski definition) is 5. The van der Waals surface area contributed by atoms with Gasteiger partial charge in [-0.3, -0.25) is 5.32 Å². The minimum Gasteiger partial charge on any atom is -0.506 e. The number of carbonyl (C=O) groups excluding carboxylic acids is 1. The molecule has 0 spiro atoms. The maximum Gasteiger partial charge on any atom is 0.333 e. The third kappa shape index (κ3) is 5.75. The summed E-state index contributed by atoms with van der Waals surface area (Å²) < 4.78 is 6.35. The van der Waals surface area contributed by atoms with E-state index >= 15 is 0 Å². The Kier molecular flexibility index (Phi) is 8.92. The lowest BCUT2D eigenvalue weighted by atomic mass is 9.78. The molecule has 0 bridgehead atoms. The number of phenolic OH excluding ortho intramolecular Hbond substituents is 1. The number of ether oxygens (including phenoxy) is 1. The maximum absolute atomic E-state index is 13.7. The van der Waals surface area contributed by atoms with Crippen molar-refractivity contribution in [1.29, 1.82) is 0 Å². The fourth-order valence-corrected chi connectivity index (χ4v) is 4.31. The molecule has 3 N–H and O–H groups in total. The van der Waals surface area contributed by atoms with Crippen LogP contribution in [0.3, 0.4) is 0 Å². The van der Waals surface area contributed by atoms with E-state index in [1.807, 2.05) is 60.7 Å². The molecule has 3 rings (SSSR count). The number of benzene rings is 3. The Morgan fingerprint density at radius 2 is 1.67 bits per heavy atom. The molecule has 6 heteroatoms. The molecule has 5 nitrogen and oxygen atoms in total. The van der Waals surface area contributed by atoms with Crippen LogP contribution in [-0.4, -0.2) is 24.7 Å². The molecule has 33 heavy (non-hydrogen) atoms. The molecule has 0 aliphatic carbocycles. The Morgan fingerprint density at radius 1 is 1.00 bits per heavy atom. The second-order valence-corrected chi connectivity index (χ2v) is 8.86. The summed E-state index contributed by atoms with van der Waals surface area (Å²) in [5.41, 5.74) is 0.952. The van der Waals surface area contributed by atoms with E-state index in [0.717, 1.165) is 34.9 Å². The first-order valence-electron chi connectivity index (χ1n) is 11.2. The Hall–Kier alpha value is -2.83. The predicted octanol–water partition coefficient (Wildman–Crippen LogP) is 6.16. The molecule has 0 radical (unpaired) electrons. The molecule has 0 saturated heterocycles. The molecule has 0 saturated carbocycles. The van der Waals surface area contributed by atoms with Crippen LogP contribution >= 0.6 is 15.9 Å². The highest BCUT2D eigenvalue weighted by molar-refractivity contribution is 9.10. The fraction of sp³-hybridized carbons (Fsp3) is 0.296. The van der Waals surface area contributed by atoms with E-state index < -0.39 is 17.6 Å². The Morgan fingerprint density at radius 3 is 2.30 bits per heavy atom. The van der Waals surface area contributed by atoms with Crippen LogP contribution < -0.4 is 10.6 Å². The van der Waals surface area contributed by atoms with Crippen molar-refractivity contribution in [2.24, 2.45) is 0 Å². The number of nitrogens with one attached hydrogen (secondary N) is 2. The molecular formula is C27H31BrN2O3. The standard InChI is InChI=1S/C27H31BrN2O3/c1-3-4-10-19-29-27(26(32)33-2,21-11-6-5-7-12-21)25(20-15-17-22(28)18-16-20)30-23-13-8-9-14-24(23)31/h5-9,11-18,25,29-31H,3-4,10,19H2,1-2H3. The molecule has 0 fully saturated rings. The van der Waals surface area contributed by atoms with Crippen molar-refractivity contribution in [1.82, 2.24) is 5.32 Å². The van der Waals surface area contributed by atoms with Crippen LogP contribution in [0.5, 0.6) is 5.75 Å². The third-order valence-electron chi connectivity index (χ3n) is 5.76. The average Bonchev–Trinajstić information content (AvgIpc) is 2.85. The topological polar surface area (TPSA) is 70.6 Å². The SMILES string of the molecule is CCCCCNC(C(=O)OC)(c1ccccc1)C(Nc1ccccc1O)c1ccc(Br)cc1. The zero-order chi connectivity index (χ0) is 23.7. The van der Waals surface area contributed by atoms with Crippen LogP contribution in [0.4, 0.5) is 5.69 Å². The van der Waals surface area contributed by atoms with E-state index in [9.17, 15) is 9.90 Å². The van der Waals surface area contributed by atoms with Crippen molar-refractivity contribution < 1.29 is 14.6 Å². The summed E-state index contributed by atoms with van der Waals surface area (Å²) in [7, 11) is 1.41. The van der Waals surface area contributed by atoms with Crippen molar-refractivity contribution in [2.75, 3.05) is 19.0 Å². The summed E-state index contributed by atoms with van der Waals surface area (Å²) >= 11 is 3.50. The molecule has 2 unspecified atom stereocenters. The van der Waals surface area contributed by atoms with E-state index in [0.29, 0.717) is 12.2 Å². The van der Waals surface area contributed by atoms with Crippen molar-refractivity contribution in [3.63, 3.8) is 0 Å². The van der Waals surface area contributed by atoms with Gasteiger partial charge in [0.25, 0.3) is 0 Å². The molecule has 3 aromatic carbocycles. The number of halogens is 1. The number of carbonyl (C=O) groups is 1. The zero-order valence-electron chi connectivity index (χ0n) is 19.1. The van der Waals surface area contributed by atoms with Gasteiger partial charge in [0.05, 0.1) is 18.8 Å². The molecular weight excluding hydrogens is 480 g/mol. The van der Waals surface area contributed by atoms with Gasteiger partial charge in [-0.25, -0.2) is 4.79 Å². The Labute approximate surface area is 204 Å². The minimum absolute atomic E-state index is 0.109. The molecule has 0 aromatic heterocycles. The molecule has 0 aliphatic heterocycles. The minimum atomic E-state index is -1.24. The van der Waals surface area contributed by atoms with Crippen LogP contribution in [-0.2, 0) is 15.1 Å². The van der Waals surface area contributed by atoms with Gasteiger partial charge in [-0.2, -0.15) is 0 Å². The second kappa shape index (κ2) is 11.9. The van der Waals surface area contributed by atoms with Gasteiger partial charge in [0, 0.05) is 4.47 Å². The van der Waals surface area contributed by atoms with Gasteiger partial charge < -0.3 is 15.2 Å². The van der Waals surface area contributed by atoms with Crippen LogP contribution in [0.25, 0.3) is 0 Å². The van der Waals surface area contributed by atoms with Gasteiger partial charge in [0.2, 0.25) is 0 Å². The van der Waals surface area contributed by atoms with Crippen LogP contribution in [0.2, 0.25) is 0 Å². The van der Waals surface area contributed by atoms with Gasteiger partial charge in [0.15, 0.2) is 5.54 Å². The normalized spacial score (nSPS) is 13.7. The lowest BCUT2D eigenvalue weighted by Gasteiger charge is -2.41. The quantitative estimate of drug-likeness (QED) is 0.164. The van der Waals surface area contributed by atoms with E-state index in [-0.39, 0.29) is 5.75 Å². The number of para-hydroxylation sites is 2. The molecule has 3 aromatic rings. The summed E-state index contributed by atoms with van der Waals surface area (Å²) in [6, 6.07) is 23.9. The number of hydrogen-bond donors (Lipinski definition) is 3. The first-order chi connectivity index (χ1) is 16.0. The highest BCUT2D eigenvalue weighted by Crippen LogP contribution is 2.41. The Balaban J connectivity index is 2.21. The first-order valence-corrected chi connectivity index (χ1v) is 12.0. The number of anilines is 1. The van der Waals surface area contributed by atoms with Crippen LogP contribution in [0.15, 0.2) is 83.3 Å². The number of esters is 1. The maximum atomic E-state index is 13.7. The lowest BCUT2D eigenvalue weighted by Crippen LogP contribution is -2.56. The summed E-state index contributed by atoms with van der Waals surface area (Å²) in [6.07, 6.45) is 3.05. The van der Waals surface area contributed by atoms with Gasteiger partial charge in [0.1, 0.15) is 5.75 Å². The number of rotatable bonds is 11. The molecule has 0 amide bonds. The summed E-state index contributed by atoms with van der Waals surface area (Å²) in [4.78, 5) is 13.7.